The zero-order chi connectivity index (χ0) is 18.6. The highest BCUT2D eigenvalue weighted by Gasteiger charge is 2.27. The Morgan fingerprint density at radius 3 is 0.962 bits per heavy atom. The molecule has 0 aromatic heterocycles. The molecule has 0 N–H and O–H groups in total. The van der Waals surface area contributed by atoms with Gasteiger partial charge < -0.3 is 13.6 Å². The van der Waals surface area contributed by atoms with Crippen LogP contribution in [0.15, 0.2) is 72.8 Å². The van der Waals surface area contributed by atoms with Crippen LogP contribution in [0.25, 0.3) is 0 Å². The summed E-state index contributed by atoms with van der Waals surface area (Å²) in [5.41, 5.74) is 0. The molecule has 3 rings (SSSR count). The molecule has 3 aromatic carbocycles. The molecule has 0 heterocycles. The van der Waals surface area contributed by atoms with Crippen molar-refractivity contribution >= 4 is 53.3 Å². The lowest BCUT2D eigenvalue weighted by Crippen LogP contribution is -2.07. The molecule has 0 amide bonds. The lowest BCUT2D eigenvalue weighted by atomic mass is 10.3. The van der Waals surface area contributed by atoms with Gasteiger partial charge in [-0.2, -0.15) is 0 Å². The fourth-order valence-corrected chi connectivity index (χ4v) is 4.33. The van der Waals surface area contributed by atoms with E-state index in [4.69, 9.17) is 60.2 Å². The van der Waals surface area contributed by atoms with Gasteiger partial charge in [0.25, 0.3) is 0 Å². The largest absolute Gasteiger partial charge is 0.490 e. The van der Waals surface area contributed by atoms with E-state index < -0.39 is 6.72 Å². The minimum absolute atomic E-state index is 0.487. The molecule has 26 heavy (non-hydrogen) atoms. The van der Waals surface area contributed by atoms with Crippen molar-refractivity contribution in [1.82, 2.24) is 0 Å². The normalized spacial score (nSPS) is 11.0. The first-order valence-electron chi connectivity index (χ1n) is 7.37. The van der Waals surface area contributed by atoms with Gasteiger partial charge in [-0.15, -0.1) is 0 Å². The van der Waals surface area contributed by atoms with Crippen molar-refractivity contribution in [3.05, 3.63) is 87.9 Å². The number of hydrogen-bond acceptors (Lipinski definition) is 4. The molecule has 0 aliphatic rings. The average molecular weight is 446 g/mol. The van der Waals surface area contributed by atoms with Crippen molar-refractivity contribution in [3.63, 3.8) is 0 Å². The summed E-state index contributed by atoms with van der Waals surface area (Å²) in [7, 11) is 0. The predicted octanol–water partition coefficient (Wildman–Crippen LogP) is 7.41. The molecule has 0 saturated heterocycles. The third-order valence-electron chi connectivity index (χ3n) is 3.09. The SMILES string of the molecule is S=P(Oc1ccc(Cl)cc1)(Oc1ccc(Cl)cc1)Oc1ccc(Cl)cc1. The summed E-state index contributed by atoms with van der Waals surface area (Å²) < 4.78 is 17.6. The molecule has 0 aliphatic heterocycles. The minimum atomic E-state index is -3.23. The fraction of sp³-hybridized carbons (Fsp3) is 0. The van der Waals surface area contributed by atoms with Crippen LogP contribution >= 0.6 is 41.5 Å². The monoisotopic (exact) mass is 444 g/mol. The van der Waals surface area contributed by atoms with E-state index in [1.165, 1.54) is 0 Å². The summed E-state index contributed by atoms with van der Waals surface area (Å²) in [6.07, 6.45) is 0. The van der Waals surface area contributed by atoms with Gasteiger partial charge in [0.2, 0.25) is 0 Å². The topological polar surface area (TPSA) is 27.7 Å². The summed E-state index contributed by atoms with van der Waals surface area (Å²) in [6.45, 7) is -3.23. The van der Waals surface area contributed by atoms with Crippen molar-refractivity contribution < 1.29 is 13.6 Å². The van der Waals surface area contributed by atoms with E-state index in [9.17, 15) is 0 Å². The molecule has 0 spiro atoms. The van der Waals surface area contributed by atoms with Crippen LogP contribution in [-0.4, -0.2) is 0 Å². The Morgan fingerprint density at radius 2 is 0.731 bits per heavy atom. The average Bonchev–Trinajstić information content (AvgIpc) is 2.61. The number of halogens is 3. The van der Waals surface area contributed by atoms with Crippen LogP contribution in [0, 0.1) is 0 Å². The van der Waals surface area contributed by atoms with E-state index in [1.54, 1.807) is 72.8 Å². The smallest absolute Gasteiger partial charge is 0.407 e. The van der Waals surface area contributed by atoms with Gasteiger partial charge in [0.15, 0.2) is 0 Å². The van der Waals surface area contributed by atoms with Crippen molar-refractivity contribution in [3.8, 4) is 17.2 Å². The molecule has 0 aliphatic carbocycles. The highest BCUT2D eigenvalue weighted by molar-refractivity contribution is 8.08. The maximum Gasteiger partial charge on any atom is 0.490 e. The quantitative estimate of drug-likeness (QED) is 0.369. The van der Waals surface area contributed by atoms with Gasteiger partial charge in [0.1, 0.15) is 17.2 Å². The summed E-state index contributed by atoms with van der Waals surface area (Å²) in [5, 5.41) is 1.76. The molecule has 0 fully saturated rings. The molecule has 8 heteroatoms. The second kappa shape index (κ2) is 8.51. The summed E-state index contributed by atoms with van der Waals surface area (Å²) in [4.78, 5) is 0. The van der Waals surface area contributed by atoms with Gasteiger partial charge in [-0.05, 0) is 72.8 Å². The van der Waals surface area contributed by atoms with Crippen LogP contribution in [0.5, 0.6) is 17.2 Å². The Bertz CT molecular complexity index is 793. The van der Waals surface area contributed by atoms with Gasteiger partial charge in [-0.1, -0.05) is 34.8 Å². The Morgan fingerprint density at radius 1 is 0.500 bits per heavy atom. The van der Waals surface area contributed by atoms with Crippen LogP contribution in [0.3, 0.4) is 0 Å². The van der Waals surface area contributed by atoms with E-state index in [-0.39, 0.29) is 0 Å². The number of benzene rings is 3. The van der Waals surface area contributed by atoms with Crippen molar-refractivity contribution in [1.29, 1.82) is 0 Å². The predicted molar refractivity (Wildman–Crippen MR) is 111 cm³/mol. The lowest BCUT2D eigenvalue weighted by molar-refractivity contribution is 0.384. The number of rotatable bonds is 6. The summed E-state index contributed by atoms with van der Waals surface area (Å²) in [6, 6.07) is 20.3. The second-order valence-corrected chi connectivity index (χ2v) is 9.18. The maximum absolute atomic E-state index is 5.91. The Kier molecular flexibility index (Phi) is 6.33. The lowest BCUT2D eigenvalue weighted by Gasteiger charge is -2.23. The molecule has 134 valence electrons. The van der Waals surface area contributed by atoms with Crippen molar-refractivity contribution in [2.45, 2.75) is 0 Å². The Hall–Kier alpha value is -1.42. The van der Waals surface area contributed by atoms with E-state index in [0.29, 0.717) is 32.3 Å². The van der Waals surface area contributed by atoms with Crippen molar-refractivity contribution in [2.75, 3.05) is 0 Å². The van der Waals surface area contributed by atoms with E-state index >= 15 is 0 Å². The molecular formula is C18H12Cl3O3PS. The van der Waals surface area contributed by atoms with E-state index in [2.05, 4.69) is 0 Å². The van der Waals surface area contributed by atoms with Gasteiger partial charge in [0, 0.05) is 26.9 Å². The van der Waals surface area contributed by atoms with E-state index in [1.807, 2.05) is 0 Å². The van der Waals surface area contributed by atoms with Crippen LogP contribution < -0.4 is 13.6 Å². The van der Waals surface area contributed by atoms with Crippen LogP contribution in [0.1, 0.15) is 0 Å². The molecule has 3 aromatic rings. The molecular weight excluding hydrogens is 434 g/mol. The van der Waals surface area contributed by atoms with Gasteiger partial charge in [0.05, 0.1) is 0 Å². The molecule has 0 unspecified atom stereocenters. The zero-order valence-electron chi connectivity index (χ0n) is 13.1. The minimum Gasteiger partial charge on any atom is -0.407 e. The highest BCUT2D eigenvalue weighted by atomic mass is 35.5. The van der Waals surface area contributed by atoms with Gasteiger partial charge in [-0.25, -0.2) is 0 Å². The zero-order valence-corrected chi connectivity index (χ0v) is 17.1. The molecule has 0 saturated carbocycles. The second-order valence-electron chi connectivity index (χ2n) is 5.08. The highest BCUT2D eigenvalue weighted by Crippen LogP contribution is 2.50. The van der Waals surface area contributed by atoms with Crippen molar-refractivity contribution in [2.24, 2.45) is 0 Å². The number of hydrogen-bond donors (Lipinski definition) is 0. The first-order chi connectivity index (χ1) is 12.4. The summed E-state index contributed by atoms with van der Waals surface area (Å²) in [5.74, 6) is 1.46. The Labute approximate surface area is 171 Å². The molecule has 0 radical (unpaired) electrons. The molecule has 3 nitrogen and oxygen atoms in total. The van der Waals surface area contributed by atoms with Crippen LogP contribution in [0.4, 0.5) is 0 Å². The maximum atomic E-state index is 5.91. The summed E-state index contributed by atoms with van der Waals surface area (Å²) >= 11 is 23.3. The fourth-order valence-electron chi connectivity index (χ4n) is 1.93. The Balaban J connectivity index is 1.88. The van der Waals surface area contributed by atoms with Gasteiger partial charge in [-0.3, -0.25) is 0 Å². The third-order valence-corrected chi connectivity index (χ3v) is 5.82. The third kappa shape index (κ3) is 5.54. The molecule has 0 atom stereocenters. The van der Waals surface area contributed by atoms with Crippen LogP contribution in [0.2, 0.25) is 15.1 Å². The van der Waals surface area contributed by atoms with Crippen LogP contribution in [-0.2, 0) is 11.8 Å². The molecule has 0 bridgehead atoms. The van der Waals surface area contributed by atoms with E-state index in [0.717, 1.165) is 0 Å². The first-order valence-corrected chi connectivity index (χ1v) is 11.1. The standard InChI is InChI=1S/C18H12Cl3O3PS/c19-13-1-7-16(8-2-13)22-25(26,23-17-9-3-14(20)4-10-17)24-18-11-5-15(21)6-12-18/h1-12H. The first kappa shape index (κ1) is 19.3. The van der Waals surface area contributed by atoms with Gasteiger partial charge >= 0.3 is 6.72 Å².